The summed E-state index contributed by atoms with van der Waals surface area (Å²) in [6.45, 7) is 0. The molecule has 1 aliphatic rings. The van der Waals surface area contributed by atoms with E-state index in [1.165, 1.54) is 42.6 Å². The van der Waals surface area contributed by atoms with Gasteiger partial charge in [0.1, 0.15) is 11.4 Å². The normalized spacial score (nSPS) is 13.5. The van der Waals surface area contributed by atoms with E-state index in [1.807, 2.05) is 0 Å². The van der Waals surface area contributed by atoms with Crippen LogP contribution in [0.15, 0.2) is 53.9 Å². The summed E-state index contributed by atoms with van der Waals surface area (Å²) in [4.78, 5) is 36.3. The summed E-state index contributed by atoms with van der Waals surface area (Å²) in [5.74, 6) is -1.69. The molecule has 0 fully saturated rings. The Morgan fingerprint density at radius 3 is 2.44 bits per heavy atom. The van der Waals surface area contributed by atoms with Crippen molar-refractivity contribution in [1.82, 2.24) is 0 Å². The van der Waals surface area contributed by atoms with Crippen molar-refractivity contribution in [3.8, 4) is 0 Å². The average Bonchev–Trinajstić information content (AvgIpc) is 2.82. The van der Waals surface area contributed by atoms with Gasteiger partial charge in [-0.1, -0.05) is 23.7 Å². The Morgan fingerprint density at radius 1 is 1.16 bits per heavy atom. The predicted molar refractivity (Wildman–Crippen MR) is 89.9 cm³/mol. The van der Waals surface area contributed by atoms with Gasteiger partial charge in [-0.3, -0.25) is 10.1 Å². The van der Waals surface area contributed by atoms with Crippen LogP contribution in [0.25, 0.3) is 0 Å². The van der Waals surface area contributed by atoms with E-state index < -0.39 is 16.9 Å². The van der Waals surface area contributed by atoms with Gasteiger partial charge < -0.3 is 14.4 Å². The van der Waals surface area contributed by atoms with E-state index in [2.05, 4.69) is 4.74 Å². The highest BCUT2D eigenvalue weighted by atomic mass is 35.5. The summed E-state index contributed by atoms with van der Waals surface area (Å²) in [7, 11) is 2.28. The van der Waals surface area contributed by atoms with Crippen LogP contribution in [-0.4, -0.2) is 31.1 Å². The maximum Gasteiger partial charge on any atom is 0.355 e. The number of esters is 2. The van der Waals surface area contributed by atoms with Crippen LogP contribution in [-0.2, 0) is 19.1 Å². The van der Waals surface area contributed by atoms with E-state index in [4.69, 9.17) is 16.3 Å². The molecule has 0 radical (unpaired) electrons. The second kappa shape index (κ2) is 7.63. The summed E-state index contributed by atoms with van der Waals surface area (Å²) < 4.78 is 9.42. The molecule has 8 nitrogen and oxygen atoms in total. The molecule has 25 heavy (non-hydrogen) atoms. The van der Waals surface area contributed by atoms with Gasteiger partial charge in [0.15, 0.2) is 0 Å². The third-order valence-electron chi connectivity index (χ3n) is 3.29. The number of nitrogens with zero attached hydrogens (tertiary/aromatic N) is 2. The largest absolute Gasteiger partial charge is 0.465 e. The lowest BCUT2D eigenvalue weighted by Gasteiger charge is -2.23. The molecular weight excluding hydrogens is 352 g/mol. The molecule has 0 atom stereocenters. The van der Waals surface area contributed by atoms with E-state index in [1.54, 1.807) is 0 Å². The number of benzene rings is 1. The molecule has 1 heterocycles. The predicted octanol–water partition coefficient (Wildman–Crippen LogP) is 2.74. The third-order valence-corrected chi connectivity index (χ3v) is 3.60. The van der Waals surface area contributed by atoms with Crippen molar-refractivity contribution >= 4 is 34.9 Å². The van der Waals surface area contributed by atoms with Crippen molar-refractivity contribution in [3.63, 3.8) is 0 Å². The minimum atomic E-state index is -0.884. The van der Waals surface area contributed by atoms with E-state index in [9.17, 15) is 19.7 Å². The summed E-state index contributed by atoms with van der Waals surface area (Å²) in [5.41, 5.74) is -0.801. The molecule has 0 aliphatic carbocycles. The number of allylic oxidation sites excluding steroid dienone is 2. The zero-order valence-electron chi connectivity index (χ0n) is 13.3. The standard InChI is InChI=1S/C16H13ClN2O6/c1-24-15(20)10-6-3-4-9-18(13(10)16(21)25-2)14-11(17)7-5-8-12(14)19(22)23/h3-9H,1-2H3. The molecule has 0 aromatic heterocycles. The van der Waals surface area contributed by atoms with Crippen molar-refractivity contribution < 1.29 is 24.0 Å². The van der Waals surface area contributed by atoms with Crippen molar-refractivity contribution in [1.29, 1.82) is 0 Å². The molecule has 1 aromatic carbocycles. The zero-order chi connectivity index (χ0) is 18.6. The fraction of sp³-hybridized carbons (Fsp3) is 0.125. The number of halogens is 1. The average molecular weight is 365 g/mol. The number of rotatable bonds is 4. The molecule has 0 saturated carbocycles. The Bertz CT molecular complexity index is 828. The summed E-state index contributed by atoms with van der Waals surface area (Å²) in [6.07, 6.45) is 5.69. The number of hydrogen-bond donors (Lipinski definition) is 0. The molecule has 0 unspecified atom stereocenters. The van der Waals surface area contributed by atoms with Gasteiger partial charge in [-0.25, -0.2) is 9.59 Å². The van der Waals surface area contributed by atoms with Crippen LogP contribution < -0.4 is 4.90 Å². The summed E-state index contributed by atoms with van der Waals surface area (Å²) in [6, 6.07) is 4.08. The van der Waals surface area contributed by atoms with Crippen molar-refractivity contribution in [2.75, 3.05) is 19.1 Å². The van der Waals surface area contributed by atoms with E-state index >= 15 is 0 Å². The number of para-hydroxylation sites is 1. The monoisotopic (exact) mass is 364 g/mol. The van der Waals surface area contributed by atoms with Gasteiger partial charge in [-0.05, 0) is 18.2 Å². The molecule has 0 amide bonds. The highest BCUT2D eigenvalue weighted by Gasteiger charge is 2.32. The fourth-order valence-corrected chi connectivity index (χ4v) is 2.49. The zero-order valence-corrected chi connectivity index (χ0v) is 14.0. The van der Waals surface area contributed by atoms with Crippen molar-refractivity contribution in [2.24, 2.45) is 0 Å². The van der Waals surface area contributed by atoms with Crippen LogP contribution in [0.3, 0.4) is 0 Å². The number of hydrogen-bond acceptors (Lipinski definition) is 7. The first-order valence-electron chi connectivity index (χ1n) is 6.90. The molecule has 0 N–H and O–H groups in total. The number of nitro benzene ring substituents is 1. The SMILES string of the molecule is COC(=O)C1=C(C(=O)OC)N(c2c(Cl)cccc2[N+](=O)[O-])C=CC=C1. The molecular formula is C16H13ClN2O6. The quantitative estimate of drug-likeness (QED) is 0.460. The lowest BCUT2D eigenvalue weighted by molar-refractivity contribution is -0.384. The van der Waals surface area contributed by atoms with Crippen molar-refractivity contribution in [2.45, 2.75) is 0 Å². The molecule has 2 rings (SSSR count). The maximum atomic E-state index is 12.3. The second-order valence-electron chi connectivity index (χ2n) is 4.68. The fourth-order valence-electron chi connectivity index (χ4n) is 2.23. The Labute approximate surface area is 147 Å². The maximum absolute atomic E-state index is 12.3. The van der Waals surface area contributed by atoms with Crippen LogP contribution in [0.5, 0.6) is 0 Å². The molecule has 1 aliphatic heterocycles. The van der Waals surface area contributed by atoms with E-state index in [0.29, 0.717) is 0 Å². The van der Waals surface area contributed by atoms with Gasteiger partial charge in [0.05, 0.1) is 29.7 Å². The number of anilines is 1. The minimum absolute atomic E-state index is 0.0198. The van der Waals surface area contributed by atoms with Gasteiger partial charge >= 0.3 is 11.9 Å². The Morgan fingerprint density at radius 2 is 1.84 bits per heavy atom. The summed E-state index contributed by atoms with van der Waals surface area (Å²) in [5, 5.41) is 11.4. The number of ether oxygens (including phenoxy) is 2. The highest BCUT2D eigenvalue weighted by Crippen LogP contribution is 2.39. The van der Waals surface area contributed by atoms with E-state index in [-0.39, 0.29) is 27.7 Å². The van der Waals surface area contributed by atoms with Gasteiger partial charge in [0.2, 0.25) is 0 Å². The first kappa shape index (κ1) is 18.2. The highest BCUT2D eigenvalue weighted by molar-refractivity contribution is 6.34. The number of carbonyl (C=O) groups is 2. The van der Waals surface area contributed by atoms with Crippen LogP contribution in [0.2, 0.25) is 5.02 Å². The van der Waals surface area contributed by atoms with Gasteiger partial charge in [-0.2, -0.15) is 0 Å². The number of carbonyl (C=O) groups excluding carboxylic acids is 2. The Balaban J connectivity index is 2.81. The van der Waals surface area contributed by atoms with Crippen LogP contribution in [0, 0.1) is 10.1 Å². The van der Waals surface area contributed by atoms with Crippen molar-refractivity contribution in [3.05, 3.63) is 69.0 Å². The molecule has 0 spiro atoms. The van der Waals surface area contributed by atoms with Gasteiger partial charge in [0.25, 0.3) is 5.69 Å². The summed E-state index contributed by atoms with van der Waals surface area (Å²) >= 11 is 6.14. The number of methoxy groups -OCH3 is 2. The second-order valence-corrected chi connectivity index (χ2v) is 5.09. The van der Waals surface area contributed by atoms with Gasteiger partial charge in [-0.15, -0.1) is 0 Å². The molecule has 0 bridgehead atoms. The first-order chi connectivity index (χ1) is 11.9. The lowest BCUT2D eigenvalue weighted by Crippen LogP contribution is -2.27. The molecule has 1 aromatic rings. The Hall–Kier alpha value is -3.13. The molecule has 0 saturated heterocycles. The van der Waals surface area contributed by atoms with E-state index in [0.717, 1.165) is 19.1 Å². The lowest BCUT2D eigenvalue weighted by atomic mass is 10.1. The molecule has 130 valence electrons. The first-order valence-corrected chi connectivity index (χ1v) is 7.28. The minimum Gasteiger partial charge on any atom is -0.465 e. The topological polar surface area (TPSA) is 99.0 Å². The molecule has 9 heteroatoms. The number of nitro groups is 1. The smallest absolute Gasteiger partial charge is 0.355 e. The van der Waals surface area contributed by atoms with Crippen LogP contribution >= 0.6 is 11.6 Å². The third kappa shape index (κ3) is 3.53. The Kier molecular flexibility index (Phi) is 5.56. The van der Waals surface area contributed by atoms with Crippen LogP contribution in [0.1, 0.15) is 0 Å². The van der Waals surface area contributed by atoms with Gasteiger partial charge in [0, 0.05) is 12.3 Å². The van der Waals surface area contributed by atoms with Crippen LogP contribution in [0.4, 0.5) is 11.4 Å².